The molecule has 1 unspecified atom stereocenters. The van der Waals surface area contributed by atoms with Crippen molar-refractivity contribution < 1.29 is 32.8 Å². The van der Waals surface area contributed by atoms with E-state index >= 15 is 0 Å². The number of nitrogens with zero attached hydrogens (tertiary/aromatic N) is 3. The van der Waals surface area contributed by atoms with E-state index in [0.717, 1.165) is 12.1 Å². The van der Waals surface area contributed by atoms with Crippen LogP contribution in [0.15, 0.2) is 77.8 Å². The first-order chi connectivity index (χ1) is 21.7. The number of hydrogen-bond donors (Lipinski definition) is 2. The minimum Gasteiger partial charge on any atom is -0.493 e. The van der Waals surface area contributed by atoms with Crippen LogP contribution in [0.2, 0.25) is 0 Å². The molecule has 3 aromatic carbocycles. The SMILES string of the molecule is Cc1c(NC(=O)c2ccc(OCC3CC3)cc2)ccc2cc(C(N(C(=O)O)S(=O)(=O)c3ccccc3[N+](=O)[O-])C(C)(C)C)cnc12. The quantitative estimate of drug-likeness (QED) is 0.137. The number of ether oxygens (including phenoxy) is 1. The average molecular weight is 647 g/mol. The Labute approximate surface area is 266 Å². The van der Waals surface area contributed by atoms with Crippen LogP contribution in [0.25, 0.3) is 10.9 Å². The van der Waals surface area contributed by atoms with Gasteiger partial charge in [0.25, 0.3) is 21.6 Å². The number of nitro benzene ring substituents is 1. The third-order valence-electron chi connectivity index (χ3n) is 7.83. The molecule has 0 bridgehead atoms. The minimum atomic E-state index is -4.91. The van der Waals surface area contributed by atoms with Gasteiger partial charge in [0.1, 0.15) is 5.75 Å². The number of carboxylic acid groups (broad SMARTS) is 1. The molecule has 1 fully saturated rings. The second-order valence-electron chi connectivity index (χ2n) is 12.4. The number of aromatic nitrogens is 1. The van der Waals surface area contributed by atoms with E-state index in [-0.39, 0.29) is 15.8 Å². The molecule has 1 atom stereocenters. The first-order valence-electron chi connectivity index (χ1n) is 14.6. The Morgan fingerprint density at radius 2 is 1.78 bits per heavy atom. The van der Waals surface area contributed by atoms with Crippen molar-refractivity contribution in [3.05, 3.63) is 99.7 Å². The molecule has 12 nitrogen and oxygen atoms in total. The summed E-state index contributed by atoms with van der Waals surface area (Å²) in [4.78, 5) is 40.3. The number of benzene rings is 3. The minimum absolute atomic E-state index is 0.266. The fourth-order valence-electron chi connectivity index (χ4n) is 5.32. The number of para-hydroxylation sites is 1. The third-order valence-corrected chi connectivity index (χ3v) is 9.62. The molecular formula is C33H34N4O8S. The molecule has 0 radical (unpaired) electrons. The number of amides is 2. The number of hydrogen-bond acceptors (Lipinski definition) is 8. The van der Waals surface area contributed by atoms with Crippen LogP contribution in [0.1, 0.15) is 61.1 Å². The van der Waals surface area contributed by atoms with Crippen molar-refractivity contribution in [2.24, 2.45) is 11.3 Å². The lowest BCUT2D eigenvalue weighted by molar-refractivity contribution is -0.387. The van der Waals surface area contributed by atoms with Gasteiger partial charge in [0.2, 0.25) is 0 Å². The highest BCUT2D eigenvalue weighted by molar-refractivity contribution is 7.89. The van der Waals surface area contributed by atoms with Crippen molar-refractivity contribution in [3.8, 4) is 5.75 Å². The Morgan fingerprint density at radius 1 is 1.11 bits per heavy atom. The van der Waals surface area contributed by atoms with E-state index in [1.165, 1.54) is 31.2 Å². The highest BCUT2D eigenvalue weighted by atomic mass is 32.2. The molecule has 1 aliphatic rings. The van der Waals surface area contributed by atoms with Crippen LogP contribution in [-0.2, 0) is 10.0 Å². The van der Waals surface area contributed by atoms with Gasteiger partial charge in [-0.3, -0.25) is 19.9 Å². The lowest BCUT2D eigenvalue weighted by Gasteiger charge is -2.37. The van der Waals surface area contributed by atoms with Crippen LogP contribution in [-0.4, -0.2) is 46.3 Å². The number of fused-ring (bicyclic) bond motifs is 1. The number of anilines is 1. The highest BCUT2D eigenvalue weighted by Crippen LogP contribution is 2.43. The maximum Gasteiger partial charge on any atom is 0.421 e. The molecular weight excluding hydrogens is 612 g/mol. The van der Waals surface area contributed by atoms with E-state index in [4.69, 9.17) is 4.74 Å². The van der Waals surface area contributed by atoms with Crippen molar-refractivity contribution in [2.45, 2.75) is 51.5 Å². The smallest absolute Gasteiger partial charge is 0.421 e. The summed E-state index contributed by atoms with van der Waals surface area (Å²) in [6.45, 7) is 7.46. The van der Waals surface area contributed by atoms with Crippen LogP contribution in [0, 0.1) is 28.4 Å². The molecule has 4 aromatic rings. The summed E-state index contributed by atoms with van der Waals surface area (Å²) in [6, 6.07) is 15.3. The highest BCUT2D eigenvalue weighted by Gasteiger charge is 2.45. The van der Waals surface area contributed by atoms with Gasteiger partial charge in [0, 0.05) is 28.9 Å². The number of nitrogens with one attached hydrogen (secondary N) is 1. The molecule has 1 aromatic heterocycles. The molecule has 0 aliphatic heterocycles. The van der Waals surface area contributed by atoms with E-state index < -0.39 is 43.1 Å². The summed E-state index contributed by atoms with van der Waals surface area (Å²) in [5.41, 5.74) is 0.670. The summed E-state index contributed by atoms with van der Waals surface area (Å²) in [6.07, 6.45) is 1.96. The normalized spacial score (nSPS) is 14.0. The summed E-state index contributed by atoms with van der Waals surface area (Å²) in [5.74, 6) is 0.999. The topological polar surface area (TPSA) is 169 Å². The monoisotopic (exact) mass is 646 g/mol. The lowest BCUT2D eigenvalue weighted by Crippen LogP contribution is -2.44. The largest absolute Gasteiger partial charge is 0.493 e. The molecule has 1 heterocycles. The van der Waals surface area contributed by atoms with Crippen molar-refractivity contribution in [3.63, 3.8) is 0 Å². The molecule has 2 N–H and O–H groups in total. The molecule has 13 heteroatoms. The summed E-state index contributed by atoms with van der Waals surface area (Å²) < 4.78 is 33.6. The van der Waals surface area contributed by atoms with Gasteiger partial charge >= 0.3 is 6.09 Å². The molecule has 0 spiro atoms. The predicted molar refractivity (Wildman–Crippen MR) is 171 cm³/mol. The lowest BCUT2D eigenvalue weighted by atomic mass is 9.82. The molecule has 46 heavy (non-hydrogen) atoms. The molecule has 5 rings (SSSR count). The number of nitro groups is 1. The van der Waals surface area contributed by atoms with Crippen LogP contribution in [0.5, 0.6) is 5.75 Å². The summed E-state index contributed by atoms with van der Waals surface area (Å²) in [5, 5.41) is 25.4. The van der Waals surface area contributed by atoms with Gasteiger partial charge in [-0.25, -0.2) is 13.2 Å². The molecule has 0 saturated heterocycles. The fourth-order valence-corrected chi connectivity index (χ4v) is 7.11. The van der Waals surface area contributed by atoms with Crippen molar-refractivity contribution in [1.82, 2.24) is 9.29 Å². The van der Waals surface area contributed by atoms with Gasteiger partial charge in [-0.2, -0.15) is 4.31 Å². The molecule has 1 aliphatic carbocycles. The Morgan fingerprint density at radius 3 is 2.39 bits per heavy atom. The van der Waals surface area contributed by atoms with Crippen molar-refractivity contribution >= 4 is 44.3 Å². The Bertz CT molecular complexity index is 1930. The number of carbonyl (C=O) groups is 2. The number of rotatable bonds is 10. The zero-order valence-electron chi connectivity index (χ0n) is 25.8. The maximum absolute atomic E-state index is 13.8. The van der Waals surface area contributed by atoms with Crippen LogP contribution in [0.4, 0.5) is 16.2 Å². The molecule has 2 amide bonds. The molecule has 240 valence electrons. The van der Waals surface area contributed by atoms with E-state index in [1.807, 2.05) is 0 Å². The summed E-state index contributed by atoms with van der Waals surface area (Å²) in [7, 11) is -4.91. The van der Waals surface area contributed by atoms with Crippen LogP contribution >= 0.6 is 0 Å². The van der Waals surface area contributed by atoms with E-state index in [0.29, 0.717) is 46.0 Å². The standard InChI is InChI=1S/C33H34N4O8S/c1-20-26(35-31(38)22-11-14-25(15-12-22)45-19-21-9-10-21)16-13-23-17-24(18-34-29(20)23)30(33(2,3)4)36(32(39)40)46(43,44)28-8-6-5-7-27(28)37(41)42/h5-8,11-18,21,30H,9-10,19H2,1-4H3,(H,35,38)(H,39,40). The Balaban J connectivity index is 1.46. The van der Waals surface area contributed by atoms with Gasteiger partial charge in [-0.1, -0.05) is 39.0 Å². The van der Waals surface area contributed by atoms with Crippen LogP contribution in [0.3, 0.4) is 0 Å². The molecule has 1 saturated carbocycles. The zero-order chi connectivity index (χ0) is 33.4. The number of carbonyl (C=O) groups excluding carboxylic acids is 1. The number of aryl methyl sites for hydroxylation is 1. The van der Waals surface area contributed by atoms with Gasteiger partial charge in [0.05, 0.1) is 23.1 Å². The predicted octanol–water partition coefficient (Wildman–Crippen LogP) is 6.95. The first kappa shape index (κ1) is 32.4. The van der Waals surface area contributed by atoms with E-state index in [2.05, 4.69) is 10.3 Å². The fraction of sp³-hybridized carbons (Fsp3) is 0.303. The van der Waals surface area contributed by atoms with E-state index in [1.54, 1.807) is 70.2 Å². The second-order valence-corrected chi connectivity index (χ2v) is 14.2. The maximum atomic E-state index is 13.8. The zero-order valence-corrected chi connectivity index (χ0v) is 26.6. The number of pyridine rings is 1. The van der Waals surface area contributed by atoms with Gasteiger partial charge < -0.3 is 15.2 Å². The second kappa shape index (κ2) is 12.4. The Hall–Kier alpha value is -5.04. The van der Waals surface area contributed by atoms with E-state index in [9.17, 15) is 33.2 Å². The first-order valence-corrected chi connectivity index (χ1v) is 16.1. The van der Waals surface area contributed by atoms with Gasteiger partial charge in [-0.05, 0) is 84.7 Å². The van der Waals surface area contributed by atoms with Gasteiger partial charge in [0.15, 0.2) is 4.90 Å². The third kappa shape index (κ3) is 6.64. The summed E-state index contributed by atoms with van der Waals surface area (Å²) >= 11 is 0. The van der Waals surface area contributed by atoms with Crippen molar-refractivity contribution in [2.75, 3.05) is 11.9 Å². The Kier molecular flexibility index (Phi) is 8.72. The van der Waals surface area contributed by atoms with Gasteiger partial charge in [-0.15, -0.1) is 0 Å². The van der Waals surface area contributed by atoms with Crippen molar-refractivity contribution in [1.29, 1.82) is 0 Å². The number of sulfonamides is 1. The van der Waals surface area contributed by atoms with Crippen LogP contribution < -0.4 is 10.1 Å². The average Bonchev–Trinajstić information content (AvgIpc) is 3.84.